The molecule has 1 N–H and O–H groups in total. The van der Waals surface area contributed by atoms with Gasteiger partial charge >= 0.3 is 0 Å². The van der Waals surface area contributed by atoms with Gasteiger partial charge in [-0.05, 0) is 24.3 Å². The van der Waals surface area contributed by atoms with Gasteiger partial charge in [0.1, 0.15) is 4.90 Å². The molecule has 0 spiro atoms. The van der Waals surface area contributed by atoms with Gasteiger partial charge in [-0.2, -0.15) is 13.5 Å². The lowest BCUT2D eigenvalue weighted by atomic mass is 10.2. The topological polar surface area (TPSA) is 70.9 Å². The molecule has 2 aromatic rings. The summed E-state index contributed by atoms with van der Waals surface area (Å²) in [6, 6.07) is 11.5. The number of amidine groups is 1. The molecule has 0 aromatic heterocycles. The van der Waals surface area contributed by atoms with Crippen molar-refractivity contribution in [1.29, 1.82) is 0 Å². The van der Waals surface area contributed by atoms with Crippen LogP contribution in [0.25, 0.3) is 0 Å². The van der Waals surface area contributed by atoms with Crippen LogP contribution >= 0.6 is 23.2 Å². The molecule has 112 valence electrons. The van der Waals surface area contributed by atoms with Crippen molar-refractivity contribution in [1.82, 2.24) is 5.43 Å². The first-order valence-electron chi connectivity index (χ1n) is 6.16. The van der Waals surface area contributed by atoms with E-state index in [0.29, 0.717) is 21.2 Å². The average Bonchev–Trinajstić information content (AvgIpc) is 2.73. The molecule has 3 rings (SSSR count). The van der Waals surface area contributed by atoms with Crippen LogP contribution < -0.4 is 5.43 Å². The summed E-state index contributed by atoms with van der Waals surface area (Å²) in [5, 5.41) is 4.95. The Morgan fingerprint density at radius 3 is 2.68 bits per heavy atom. The van der Waals surface area contributed by atoms with E-state index >= 15 is 0 Å². The minimum Gasteiger partial charge on any atom is -0.260 e. The zero-order valence-corrected chi connectivity index (χ0v) is 13.3. The normalized spacial score (nSPS) is 15.6. The monoisotopic (exact) mass is 353 g/mol. The van der Waals surface area contributed by atoms with Gasteiger partial charge in [0, 0.05) is 16.1 Å². The summed E-state index contributed by atoms with van der Waals surface area (Å²) >= 11 is 11.8. The minimum atomic E-state index is -3.66. The molecule has 22 heavy (non-hydrogen) atoms. The zero-order chi connectivity index (χ0) is 15.7. The Kier molecular flexibility index (Phi) is 3.90. The molecule has 0 saturated heterocycles. The SMILES string of the molecule is O=S1(=O)N=C(N/N=C\c2ccc(Cl)cc2Cl)c2ccccc21. The fourth-order valence-electron chi connectivity index (χ4n) is 1.96. The van der Waals surface area contributed by atoms with Crippen molar-refractivity contribution in [3.05, 3.63) is 63.6 Å². The maximum atomic E-state index is 11.9. The average molecular weight is 354 g/mol. The molecular weight excluding hydrogens is 345 g/mol. The Morgan fingerprint density at radius 1 is 1.14 bits per heavy atom. The van der Waals surface area contributed by atoms with Gasteiger partial charge in [0.25, 0.3) is 10.0 Å². The molecule has 1 aliphatic rings. The standard InChI is InChI=1S/C14H9Cl2N3O2S/c15-10-6-5-9(12(16)7-10)8-17-18-14-11-3-1-2-4-13(11)22(20,21)19-14/h1-8H,(H,18,19)/b17-8-. The van der Waals surface area contributed by atoms with Gasteiger partial charge in [0.15, 0.2) is 5.84 Å². The van der Waals surface area contributed by atoms with Crippen molar-refractivity contribution in [2.45, 2.75) is 4.90 Å². The van der Waals surface area contributed by atoms with Gasteiger partial charge in [-0.3, -0.25) is 5.43 Å². The predicted octanol–water partition coefficient (Wildman–Crippen LogP) is 3.07. The van der Waals surface area contributed by atoms with E-state index in [0.717, 1.165) is 0 Å². The van der Waals surface area contributed by atoms with Gasteiger partial charge in [0.2, 0.25) is 0 Å². The van der Waals surface area contributed by atoms with Crippen molar-refractivity contribution in [2.75, 3.05) is 0 Å². The van der Waals surface area contributed by atoms with Crippen LogP contribution in [0.3, 0.4) is 0 Å². The molecular formula is C14H9Cl2N3O2S. The van der Waals surface area contributed by atoms with Crippen LogP contribution in [0.4, 0.5) is 0 Å². The Hall–Kier alpha value is -1.89. The van der Waals surface area contributed by atoms with Crippen LogP contribution in [0.15, 0.2) is 56.9 Å². The molecule has 0 radical (unpaired) electrons. The Morgan fingerprint density at radius 2 is 1.91 bits per heavy atom. The number of rotatable bonds is 2. The van der Waals surface area contributed by atoms with Gasteiger partial charge in [-0.1, -0.05) is 41.4 Å². The van der Waals surface area contributed by atoms with Crippen molar-refractivity contribution in [3.63, 3.8) is 0 Å². The lowest BCUT2D eigenvalue weighted by Gasteiger charge is -2.01. The number of hydrogen-bond acceptors (Lipinski definition) is 4. The molecule has 0 aliphatic carbocycles. The van der Waals surface area contributed by atoms with E-state index < -0.39 is 10.0 Å². The number of benzene rings is 2. The highest BCUT2D eigenvalue weighted by Crippen LogP contribution is 2.24. The molecule has 0 atom stereocenters. The Bertz CT molecular complexity index is 908. The molecule has 5 nitrogen and oxygen atoms in total. The van der Waals surface area contributed by atoms with E-state index in [1.807, 2.05) is 0 Å². The lowest BCUT2D eigenvalue weighted by molar-refractivity contribution is 0.599. The predicted molar refractivity (Wildman–Crippen MR) is 87.4 cm³/mol. The third-order valence-corrected chi connectivity index (χ3v) is 4.87. The molecule has 0 amide bonds. The van der Waals surface area contributed by atoms with Crippen molar-refractivity contribution in [2.24, 2.45) is 9.50 Å². The van der Waals surface area contributed by atoms with Crippen LogP contribution in [0.5, 0.6) is 0 Å². The lowest BCUT2D eigenvalue weighted by Crippen LogP contribution is -2.17. The van der Waals surface area contributed by atoms with Crippen LogP contribution in [-0.2, 0) is 10.0 Å². The Balaban J connectivity index is 1.85. The first kappa shape index (κ1) is 15.0. The van der Waals surface area contributed by atoms with Crippen molar-refractivity contribution >= 4 is 45.3 Å². The summed E-state index contributed by atoms with van der Waals surface area (Å²) in [4.78, 5) is 0.164. The Labute approximate surface area is 137 Å². The van der Waals surface area contributed by atoms with Crippen LogP contribution in [-0.4, -0.2) is 20.5 Å². The van der Waals surface area contributed by atoms with Crippen LogP contribution in [0.2, 0.25) is 10.0 Å². The highest BCUT2D eigenvalue weighted by Gasteiger charge is 2.28. The number of hydrogen-bond donors (Lipinski definition) is 1. The fraction of sp³-hybridized carbons (Fsp3) is 0. The van der Waals surface area contributed by atoms with E-state index in [-0.39, 0.29) is 10.7 Å². The summed E-state index contributed by atoms with van der Waals surface area (Å²) in [7, 11) is -3.66. The fourth-order valence-corrected chi connectivity index (χ4v) is 3.58. The minimum absolute atomic E-state index is 0.164. The van der Waals surface area contributed by atoms with Crippen molar-refractivity contribution < 1.29 is 8.42 Å². The second-order valence-electron chi connectivity index (χ2n) is 4.45. The van der Waals surface area contributed by atoms with Crippen LogP contribution in [0.1, 0.15) is 11.1 Å². The largest absolute Gasteiger partial charge is 0.285 e. The molecule has 2 aromatic carbocycles. The van der Waals surface area contributed by atoms with Crippen molar-refractivity contribution in [3.8, 4) is 0 Å². The summed E-state index contributed by atoms with van der Waals surface area (Å²) < 4.78 is 27.4. The van der Waals surface area contributed by atoms with Crippen LogP contribution in [0, 0.1) is 0 Å². The summed E-state index contributed by atoms with van der Waals surface area (Å²) in [5.41, 5.74) is 3.77. The summed E-state index contributed by atoms with van der Waals surface area (Å²) in [6.45, 7) is 0. The second kappa shape index (κ2) is 5.72. The second-order valence-corrected chi connectivity index (χ2v) is 6.86. The van der Waals surface area contributed by atoms with E-state index in [4.69, 9.17) is 23.2 Å². The smallest absolute Gasteiger partial charge is 0.260 e. The maximum Gasteiger partial charge on any atom is 0.285 e. The van der Waals surface area contributed by atoms with Gasteiger partial charge < -0.3 is 0 Å². The molecule has 0 fully saturated rings. The maximum absolute atomic E-state index is 11.9. The van der Waals surface area contributed by atoms with Gasteiger partial charge in [-0.25, -0.2) is 0 Å². The number of nitrogens with one attached hydrogen (secondary N) is 1. The highest BCUT2D eigenvalue weighted by molar-refractivity contribution is 7.90. The van der Waals surface area contributed by atoms with E-state index in [2.05, 4.69) is 14.9 Å². The molecule has 1 aliphatic heterocycles. The number of nitrogens with zero attached hydrogens (tertiary/aromatic N) is 2. The first-order chi connectivity index (χ1) is 10.5. The third-order valence-electron chi connectivity index (χ3n) is 2.97. The van der Waals surface area contributed by atoms with E-state index in [9.17, 15) is 8.42 Å². The zero-order valence-electron chi connectivity index (χ0n) is 11.0. The third kappa shape index (κ3) is 2.85. The molecule has 0 saturated carbocycles. The number of fused-ring (bicyclic) bond motifs is 1. The van der Waals surface area contributed by atoms with Gasteiger partial charge in [-0.15, -0.1) is 4.40 Å². The number of sulfonamides is 1. The first-order valence-corrected chi connectivity index (χ1v) is 8.35. The number of hydrazone groups is 1. The summed E-state index contributed by atoms with van der Waals surface area (Å²) in [6.07, 6.45) is 1.47. The molecule has 1 heterocycles. The summed E-state index contributed by atoms with van der Waals surface area (Å²) in [5.74, 6) is 0.178. The van der Waals surface area contributed by atoms with Gasteiger partial charge in [0.05, 0.1) is 11.2 Å². The van der Waals surface area contributed by atoms with E-state index in [1.165, 1.54) is 12.3 Å². The molecule has 0 unspecified atom stereocenters. The molecule has 0 bridgehead atoms. The highest BCUT2D eigenvalue weighted by atomic mass is 35.5. The quantitative estimate of drug-likeness (QED) is 0.666. The molecule has 8 heteroatoms. The van der Waals surface area contributed by atoms with E-state index in [1.54, 1.807) is 36.4 Å². The number of halogens is 2.